The first-order valence-electron chi connectivity index (χ1n) is 8.79. The second-order valence-electron chi connectivity index (χ2n) is 7.51. The SMILES string of the molecule is Cc1csc(=O)n1CC(=O)O[C@H](C)C(=O)c1ccc(NC(=O)C(C)(C)C)cc1. The molecule has 0 aliphatic rings. The zero-order valence-electron chi connectivity index (χ0n) is 16.6. The third kappa shape index (κ3) is 5.39. The van der Waals surface area contributed by atoms with Crippen LogP contribution in [0, 0.1) is 12.3 Å². The third-order valence-corrected chi connectivity index (χ3v) is 4.93. The molecular formula is C20H24N2O5S. The summed E-state index contributed by atoms with van der Waals surface area (Å²) in [5.74, 6) is -1.15. The van der Waals surface area contributed by atoms with Gasteiger partial charge in [-0.05, 0) is 38.1 Å². The Hall–Kier alpha value is -2.74. The van der Waals surface area contributed by atoms with Gasteiger partial charge in [-0.2, -0.15) is 0 Å². The first-order chi connectivity index (χ1) is 13.0. The Kier molecular flexibility index (Phi) is 6.56. The summed E-state index contributed by atoms with van der Waals surface area (Å²) in [7, 11) is 0. The molecule has 1 N–H and O–H groups in total. The fraction of sp³-hybridized carbons (Fsp3) is 0.400. The number of ketones is 1. The van der Waals surface area contributed by atoms with Crippen molar-refractivity contribution in [2.45, 2.75) is 47.3 Å². The fourth-order valence-corrected chi connectivity index (χ4v) is 3.02. The normalized spacial score (nSPS) is 12.3. The van der Waals surface area contributed by atoms with E-state index in [2.05, 4.69) is 5.32 Å². The van der Waals surface area contributed by atoms with Crippen molar-refractivity contribution in [2.75, 3.05) is 5.32 Å². The number of thiazole rings is 1. The number of amides is 1. The lowest BCUT2D eigenvalue weighted by molar-refractivity contribution is -0.147. The topological polar surface area (TPSA) is 94.5 Å². The van der Waals surface area contributed by atoms with Gasteiger partial charge in [0.15, 0.2) is 6.10 Å². The van der Waals surface area contributed by atoms with Crippen molar-refractivity contribution in [1.29, 1.82) is 0 Å². The van der Waals surface area contributed by atoms with Crippen LogP contribution in [-0.4, -0.2) is 28.3 Å². The molecule has 8 heteroatoms. The monoisotopic (exact) mass is 404 g/mol. The highest BCUT2D eigenvalue weighted by molar-refractivity contribution is 7.07. The standard InChI is InChI=1S/C20H24N2O5S/c1-12-11-28-19(26)22(12)10-16(23)27-13(2)17(24)14-6-8-15(9-7-14)21-18(25)20(3,4)5/h6-9,11,13H,10H2,1-5H3,(H,21,25)/t13-/m1/s1. The quantitative estimate of drug-likeness (QED) is 0.590. The lowest BCUT2D eigenvalue weighted by atomic mass is 9.95. The number of ether oxygens (including phenoxy) is 1. The highest BCUT2D eigenvalue weighted by Crippen LogP contribution is 2.18. The van der Waals surface area contributed by atoms with Crippen LogP contribution in [0.3, 0.4) is 0 Å². The maximum absolute atomic E-state index is 12.5. The molecule has 0 bridgehead atoms. The van der Waals surface area contributed by atoms with Crippen LogP contribution in [0.5, 0.6) is 0 Å². The summed E-state index contributed by atoms with van der Waals surface area (Å²) >= 11 is 1.00. The summed E-state index contributed by atoms with van der Waals surface area (Å²) in [6, 6.07) is 6.39. The van der Waals surface area contributed by atoms with Crippen LogP contribution in [-0.2, 0) is 20.9 Å². The van der Waals surface area contributed by atoms with Crippen molar-refractivity contribution >= 4 is 34.7 Å². The Morgan fingerprint density at radius 3 is 2.29 bits per heavy atom. The Labute approximate surface area is 167 Å². The summed E-state index contributed by atoms with van der Waals surface area (Å²) in [5.41, 5.74) is 1.07. The fourth-order valence-electron chi connectivity index (χ4n) is 2.28. The molecule has 1 atom stereocenters. The van der Waals surface area contributed by atoms with Crippen molar-refractivity contribution in [3.63, 3.8) is 0 Å². The van der Waals surface area contributed by atoms with E-state index in [9.17, 15) is 19.2 Å². The predicted octanol–water partition coefficient (Wildman–Crippen LogP) is 3.02. The van der Waals surface area contributed by atoms with Crippen LogP contribution < -0.4 is 10.2 Å². The molecule has 0 radical (unpaired) electrons. The predicted molar refractivity (Wildman–Crippen MR) is 108 cm³/mol. The molecule has 0 unspecified atom stereocenters. The molecule has 0 aliphatic carbocycles. The first-order valence-corrected chi connectivity index (χ1v) is 9.67. The summed E-state index contributed by atoms with van der Waals surface area (Å²) in [6.07, 6.45) is -0.989. The van der Waals surface area contributed by atoms with Gasteiger partial charge in [-0.15, -0.1) is 0 Å². The van der Waals surface area contributed by atoms with Gasteiger partial charge in [0.25, 0.3) is 0 Å². The van der Waals surface area contributed by atoms with Gasteiger partial charge in [-0.3, -0.25) is 23.7 Å². The highest BCUT2D eigenvalue weighted by Gasteiger charge is 2.22. The van der Waals surface area contributed by atoms with Crippen LogP contribution >= 0.6 is 11.3 Å². The second-order valence-corrected chi connectivity index (χ2v) is 8.33. The zero-order valence-corrected chi connectivity index (χ0v) is 17.4. The molecule has 150 valence electrons. The number of hydrogen-bond donors (Lipinski definition) is 1. The molecule has 1 aromatic carbocycles. The van der Waals surface area contributed by atoms with Gasteiger partial charge in [-0.1, -0.05) is 32.1 Å². The number of esters is 1. The molecule has 0 saturated carbocycles. The largest absolute Gasteiger partial charge is 0.453 e. The summed E-state index contributed by atoms with van der Waals surface area (Å²) < 4.78 is 6.48. The summed E-state index contributed by atoms with van der Waals surface area (Å²) in [6.45, 7) is 8.40. The van der Waals surface area contributed by atoms with Gasteiger partial charge in [-0.25, -0.2) is 0 Å². The third-order valence-electron chi connectivity index (χ3n) is 4.05. The number of Topliss-reactive ketones (excluding diaryl/α,β-unsaturated/α-hetero) is 1. The Morgan fingerprint density at radius 2 is 1.79 bits per heavy atom. The Morgan fingerprint density at radius 1 is 1.18 bits per heavy atom. The van der Waals surface area contributed by atoms with E-state index in [1.165, 1.54) is 11.5 Å². The van der Waals surface area contributed by atoms with E-state index in [1.807, 2.05) is 20.8 Å². The maximum Gasteiger partial charge on any atom is 0.326 e. The minimum atomic E-state index is -0.989. The van der Waals surface area contributed by atoms with Crippen LogP contribution in [0.15, 0.2) is 34.4 Å². The molecule has 2 aromatic rings. The van der Waals surface area contributed by atoms with Crippen LogP contribution in [0.25, 0.3) is 0 Å². The van der Waals surface area contributed by atoms with Crippen molar-refractivity contribution in [3.05, 3.63) is 50.6 Å². The van der Waals surface area contributed by atoms with Gasteiger partial charge in [0.1, 0.15) is 6.54 Å². The minimum Gasteiger partial charge on any atom is -0.453 e. The van der Waals surface area contributed by atoms with Crippen LogP contribution in [0.2, 0.25) is 0 Å². The van der Waals surface area contributed by atoms with E-state index in [0.717, 1.165) is 11.3 Å². The number of rotatable bonds is 6. The van der Waals surface area contributed by atoms with Gasteiger partial charge in [0.2, 0.25) is 11.7 Å². The number of nitrogens with one attached hydrogen (secondary N) is 1. The van der Waals surface area contributed by atoms with E-state index in [1.54, 1.807) is 36.6 Å². The van der Waals surface area contributed by atoms with Gasteiger partial charge >= 0.3 is 10.8 Å². The van der Waals surface area contributed by atoms with E-state index in [4.69, 9.17) is 4.74 Å². The zero-order chi connectivity index (χ0) is 21.1. The average Bonchev–Trinajstić information content (AvgIpc) is 2.92. The molecule has 0 aliphatic heterocycles. The van der Waals surface area contributed by atoms with Crippen LogP contribution in [0.1, 0.15) is 43.7 Å². The number of anilines is 1. The number of benzene rings is 1. The lowest BCUT2D eigenvalue weighted by Gasteiger charge is -2.18. The Bertz CT molecular complexity index is 935. The number of hydrogen-bond acceptors (Lipinski definition) is 6. The van der Waals surface area contributed by atoms with Crippen molar-refractivity contribution < 1.29 is 19.1 Å². The molecule has 2 rings (SSSR count). The molecule has 1 aromatic heterocycles. The lowest BCUT2D eigenvalue weighted by Crippen LogP contribution is -2.29. The number of aromatic nitrogens is 1. The van der Waals surface area contributed by atoms with E-state index >= 15 is 0 Å². The number of carbonyl (C=O) groups excluding carboxylic acids is 3. The van der Waals surface area contributed by atoms with Gasteiger partial charge in [0, 0.05) is 27.7 Å². The summed E-state index contributed by atoms with van der Waals surface area (Å²) in [4.78, 5) is 47.9. The second kappa shape index (κ2) is 8.52. The summed E-state index contributed by atoms with van der Waals surface area (Å²) in [5, 5.41) is 4.43. The van der Waals surface area contributed by atoms with Crippen LogP contribution in [0.4, 0.5) is 5.69 Å². The maximum atomic E-state index is 12.5. The van der Waals surface area contributed by atoms with E-state index in [0.29, 0.717) is 16.9 Å². The van der Waals surface area contributed by atoms with E-state index < -0.39 is 17.5 Å². The molecular weight excluding hydrogens is 380 g/mol. The van der Waals surface area contributed by atoms with Crippen molar-refractivity contribution in [1.82, 2.24) is 4.57 Å². The number of nitrogens with zero attached hydrogens (tertiary/aromatic N) is 1. The minimum absolute atomic E-state index is 0.132. The molecule has 1 amide bonds. The average molecular weight is 404 g/mol. The van der Waals surface area contributed by atoms with Crippen molar-refractivity contribution in [3.8, 4) is 0 Å². The highest BCUT2D eigenvalue weighted by atomic mass is 32.1. The molecule has 7 nitrogen and oxygen atoms in total. The molecule has 0 spiro atoms. The van der Waals surface area contributed by atoms with Crippen molar-refractivity contribution in [2.24, 2.45) is 5.41 Å². The van der Waals surface area contributed by atoms with E-state index in [-0.39, 0.29) is 23.1 Å². The molecule has 28 heavy (non-hydrogen) atoms. The number of aryl methyl sites for hydroxylation is 1. The van der Waals surface area contributed by atoms with Gasteiger partial charge < -0.3 is 10.1 Å². The molecule has 0 fully saturated rings. The molecule has 1 heterocycles. The molecule has 0 saturated heterocycles. The first kappa shape index (κ1) is 21.6. The Balaban J connectivity index is 1.98. The number of carbonyl (C=O) groups is 3. The smallest absolute Gasteiger partial charge is 0.326 e. The van der Waals surface area contributed by atoms with Gasteiger partial charge in [0.05, 0.1) is 0 Å².